The molecule has 0 fully saturated rings. The van der Waals surface area contributed by atoms with E-state index in [2.05, 4.69) is 52.9 Å². The molecule has 1 N–H and O–H groups in total. The number of halogens is 1. The molecule has 0 spiro atoms. The highest BCUT2D eigenvalue weighted by atomic mass is 35.5. The number of fused-ring (bicyclic) bond motifs is 1. The Balaban J connectivity index is 1.72. The lowest BCUT2D eigenvalue weighted by Gasteiger charge is -2.31. The molecule has 122 valence electrons. The minimum Gasteiger partial charge on any atom is -0.346 e. The van der Waals surface area contributed by atoms with E-state index in [9.17, 15) is 0 Å². The number of hydrogen-bond donors (Lipinski definition) is 1. The molecule has 0 unspecified atom stereocenters. The van der Waals surface area contributed by atoms with Crippen LogP contribution in [0.4, 0.5) is 5.95 Å². The monoisotopic (exact) mass is 339 g/mol. The minimum absolute atomic E-state index is 0.0834. The number of benzene rings is 2. The molecule has 0 amide bonds. The highest BCUT2D eigenvalue weighted by Crippen LogP contribution is 2.37. The average molecular weight is 340 g/mol. The molecular weight excluding hydrogens is 322 g/mol. The Morgan fingerprint density at radius 3 is 2.54 bits per heavy atom. The maximum absolute atomic E-state index is 6.03. The fourth-order valence-corrected chi connectivity index (χ4v) is 3.33. The number of tetrazole rings is 1. The number of aromatic nitrogens is 4. The van der Waals surface area contributed by atoms with Gasteiger partial charge in [-0.2, -0.15) is 0 Å². The van der Waals surface area contributed by atoms with Gasteiger partial charge in [-0.1, -0.05) is 47.0 Å². The van der Waals surface area contributed by atoms with Gasteiger partial charge in [-0.3, -0.25) is 0 Å². The first-order valence-corrected chi connectivity index (χ1v) is 8.36. The van der Waals surface area contributed by atoms with Crippen molar-refractivity contribution in [3.05, 3.63) is 69.7 Å². The first-order valence-electron chi connectivity index (χ1n) is 7.99. The van der Waals surface area contributed by atoms with Gasteiger partial charge in [-0.25, -0.2) is 4.68 Å². The molecule has 1 aliphatic heterocycles. The summed E-state index contributed by atoms with van der Waals surface area (Å²) in [6, 6.07) is 14.7. The number of rotatable bonds is 2. The van der Waals surface area contributed by atoms with Crippen LogP contribution in [0, 0.1) is 13.8 Å². The van der Waals surface area contributed by atoms with Crippen LogP contribution in [0.1, 0.15) is 40.8 Å². The summed E-state index contributed by atoms with van der Waals surface area (Å²) in [6.45, 7) is 4.27. The second-order valence-electron chi connectivity index (χ2n) is 6.29. The maximum Gasteiger partial charge on any atom is 0.243 e. The van der Waals surface area contributed by atoms with Crippen LogP contribution in [-0.4, -0.2) is 20.2 Å². The third-order valence-corrected chi connectivity index (χ3v) is 4.99. The fourth-order valence-electron chi connectivity index (χ4n) is 3.20. The Morgan fingerprint density at radius 2 is 1.79 bits per heavy atom. The smallest absolute Gasteiger partial charge is 0.243 e. The molecule has 0 bridgehead atoms. The lowest BCUT2D eigenvalue weighted by molar-refractivity contribution is 0.423. The van der Waals surface area contributed by atoms with Crippen molar-refractivity contribution in [2.75, 3.05) is 5.32 Å². The van der Waals surface area contributed by atoms with Crippen LogP contribution >= 0.6 is 11.6 Å². The highest BCUT2D eigenvalue weighted by molar-refractivity contribution is 6.30. The van der Waals surface area contributed by atoms with Crippen molar-refractivity contribution in [1.29, 1.82) is 0 Å². The molecule has 2 aromatic carbocycles. The second-order valence-corrected chi connectivity index (χ2v) is 6.73. The van der Waals surface area contributed by atoms with E-state index in [4.69, 9.17) is 11.6 Å². The zero-order valence-corrected chi connectivity index (χ0v) is 14.3. The van der Waals surface area contributed by atoms with Gasteiger partial charge in [0.2, 0.25) is 5.95 Å². The quantitative estimate of drug-likeness (QED) is 0.764. The molecule has 0 radical (unpaired) electrons. The van der Waals surface area contributed by atoms with E-state index in [0.29, 0.717) is 5.95 Å². The van der Waals surface area contributed by atoms with Crippen LogP contribution in [0.2, 0.25) is 5.02 Å². The first-order chi connectivity index (χ1) is 11.6. The van der Waals surface area contributed by atoms with Crippen LogP contribution in [0.3, 0.4) is 0 Å². The summed E-state index contributed by atoms with van der Waals surface area (Å²) >= 11 is 6.03. The fraction of sp³-hybridized carbons (Fsp3) is 0.278. The summed E-state index contributed by atoms with van der Waals surface area (Å²) in [5, 5.41) is 16.3. The van der Waals surface area contributed by atoms with Gasteiger partial charge in [0, 0.05) is 5.02 Å². The van der Waals surface area contributed by atoms with Crippen molar-refractivity contribution in [2.45, 2.75) is 32.4 Å². The summed E-state index contributed by atoms with van der Waals surface area (Å²) in [5.74, 6) is 0.699. The number of nitrogens with one attached hydrogen (secondary N) is 1. The van der Waals surface area contributed by atoms with Gasteiger partial charge in [-0.05, 0) is 65.1 Å². The van der Waals surface area contributed by atoms with E-state index < -0.39 is 0 Å². The molecule has 2 atom stereocenters. The van der Waals surface area contributed by atoms with Crippen LogP contribution in [0.5, 0.6) is 0 Å². The number of nitrogens with zero attached hydrogens (tertiary/aromatic N) is 4. The summed E-state index contributed by atoms with van der Waals surface area (Å²) in [7, 11) is 0. The minimum atomic E-state index is 0.0834. The predicted octanol–water partition coefficient (Wildman–Crippen LogP) is 4.09. The van der Waals surface area contributed by atoms with Gasteiger partial charge in [-0.15, -0.1) is 0 Å². The molecule has 1 aromatic heterocycles. The molecular formula is C18H18ClN5. The van der Waals surface area contributed by atoms with Crippen molar-refractivity contribution in [2.24, 2.45) is 0 Å². The van der Waals surface area contributed by atoms with E-state index in [-0.39, 0.29) is 12.1 Å². The lowest BCUT2D eigenvalue weighted by atomic mass is 9.92. The molecule has 6 heteroatoms. The average Bonchev–Trinajstić information content (AvgIpc) is 3.06. The van der Waals surface area contributed by atoms with Gasteiger partial charge in [0.1, 0.15) is 0 Å². The Kier molecular flexibility index (Phi) is 3.73. The molecule has 3 aromatic rings. The predicted molar refractivity (Wildman–Crippen MR) is 94.3 cm³/mol. The van der Waals surface area contributed by atoms with E-state index >= 15 is 0 Å². The zero-order chi connectivity index (χ0) is 16.7. The SMILES string of the molecule is Cc1ccc([C@H]2C[C@@H](c3ccc(Cl)cc3)n3nnnc3N2)cc1C. The van der Waals surface area contributed by atoms with Crippen LogP contribution in [0.25, 0.3) is 0 Å². The standard InChI is InChI=1S/C18H18ClN5/c1-11-3-4-14(9-12(11)2)16-10-17(13-5-7-15(19)8-6-13)24-18(20-16)21-22-23-24/h3-9,16-17H,10H2,1-2H3,(H,20,21,23)/t16-,17+/m1/s1. The maximum atomic E-state index is 6.03. The topological polar surface area (TPSA) is 55.6 Å². The molecule has 5 nitrogen and oxygen atoms in total. The molecule has 1 aliphatic rings. The highest BCUT2D eigenvalue weighted by Gasteiger charge is 2.30. The first kappa shape index (κ1) is 15.1. The van der Waals surface area contributed by atoms with Crippen molar-refractivity contribution in [3.63, 3.8) is 0 Å². The number of aryl methyl sites for hydroxylation is 2. The molecule has 0 aliphatic carbocycles. The van der Waals surface area contributed by atoms with Gasteiger partial charge < -0.3 is 5.32 Å². The summed E-state index contributed by atoms with van der Waals surface area (Å²) in [4.78, 5) is 0. The van der Waals surface area contributed by atoms with E-state index in [0.717, 1.165) is 17.0 Å². The molecule has 0 saturated heterocycles. The molecule has 24 heavy (non-hydrogen) atoms. The van der Waals surface area contributed by atoms with Gasteiger partial charge in [0.15, 0.2) is 0 Å². The molecule has 4 rings (SSSR count). The zero-order valence-electron chi connectivity index (χ0n) is 13.6. The lowest BCUT2D eigenvalue weighted by Crippen LogP contribution is -2.28. The Bertz CT molecular complexity index is 871. The van der Waals surface area contributed by atoms with Crippen LogP contribution in [-0.2, 0) is 0 Å². The van der Waals surface area contributed by atoms with Crippen molar-refractivity contribution < 1.29 is 0 Å². The van der Waals surface area contributed by atoms with Crippen LogP contribution < -0.4 is 5.32 Å². The summed E-state index contributed by atoms with van der Waals surface area (Å²) in [5.41, 5.74) is 5.01. The van der Waals surface area contributed by atoms with Crippen molar-refractivity contribution in [3.8, 4) is 0 Å². The Morgan fingerprint density at radius 1 is 1.04 bits per heavy atom. The summed E-state index contributed by atoms with van der Waals surface area (Å²) < 4.78 is 1.85. The van der Waals surface area contributed by atoms with Gasteiger partial charge in [0.25, 0.3) is 0 Å². The van der Waals surface area contributed by atoms with Crippen LogP contribution in [0.15, 0.2) is 42.5 Å². The van der Waals surface area contributed by atoms with Crippen molar-refractivity contribution in [1.82, 2.24) is 20.2 Å². The summed E-state index contributed by atoms with van der Waals surface area (Å²) in [6.07, 6.45) is 0.877. The Labute approximate surface area is 145 Å². The number of anilines is 1. The van der Waals surface area contributed by atoms with E-state index in [1.165, 1.54) is 16.7 Å². The molecule has 2 heterocycles. The largest absolute Gasteiger partial charge is 0.346 e. The van der Waals surface area contributed by atoms with Gasteiger partial charge in [0.05, 0.1) is 12.1 Å². The van der Waals surface area contributed by atoms with Gasteiger partial charge >= 0.3 is 0 Å². The van der Waals surface area contributed by atoms with E-state index in [1.54, 1.807) is 0 Å². The van der Waals surface area contributed by atoms with Crippen molar-refractivity contribution >= 4 is 17.5 Å². The number of hydrogen-bond acceptors (Lipinski definition) is 4. The third-order valence-electron chi connectivity index (χ3n) is 4.74. The molecule has 0 saturated carbocycles. The second kappa shape index (κ2) is 5.91. The Hall–Kier alpha value is -2.40. The normalized spacial score (nSPS) is 19.6. The third kappa shape index (κ3) is 2.65. The van der Waals surface area contributed by atoms with E-state index in [1.807, 2.05) is 28.9 Å².